The number of nitrogens with zero attached hydrogens (tertiary/aromatic N) is 2. The van der Waals surface area contributed by atoms with Gasteiger partial charge in [0.05, 0.1) is 18.7 Å². The van der Waals surface area contributed by atoms with E-state index in [1.54, 1.807) is 24.3 Å². The third-order valence-electron chi connectivity index (χ3n) is 6.28. The molecular weight excluding hydrogens is 378 g/mol. The minimum absolute atomic E-state index is 0.000651. The molecule has 2 aromatic rings. The van der Waals surface area contributed by atoms with E-state index in [1.165, 1.54) is 0 Å². The van der Waals surface area contributed by atoms with Gasteiger partial charge in [0, 0.05) is 25.9 Å². The predicted octanol–water partition coefficient (Wildman–Crippen LogP) is 3.56. The number of carbonyl (C=O) groups is 1. The quantitative estimate of drug-likeness (QED) is 0.770. The van der Waals surface area contributed by atoms with Gasteiger partial charge in [-0.05, 0) is 23.3 Å². The number of rotatable bonds is 5. The van der Waals surface area contributed by atoms with Crippen molar-refractivity contribution in [2.45, 2.75) is 43.8 Å². The van der Waals surface area contributed by atoms with Crippen LogP contribution in [-0.2, 0) is 16.1 Å². The second-order valence-corrected chi connectivity index (χ2v) is 7.81. The van der Waals surface area contributed by atoms with Crippen molar-refractivity contribution in [3.8, 4) is 5.75 Å². The molecule has 2 aromatic carbocycles. The standard InChI is InChI=1S/C22H22F2N2O3/c23-21(24)29-17-8-6-15(7-9-17)13-25-11-10-22-19(25)12-20(27)26(22)18(14-28-22)16-4-2-1-3-5-16/h1-9,18-19,21H,10-14H2/t18-,19+,22-/m0/s1. The van der Waals surface area contributed by atoms with E-state index in [0.29, 0.717) is 19.6 Å². The van der Waals surface area contributed by atoms with Crippen molar-refractivity contribution >= 4 is 5.91 Å². The van der Waals surface area contributed by atoms with Crippen LogP contribution in [-0.4, -0.2) is 47.2 Å². The van der Waals surface area contributed by atoms with Crippen LogP contribution >= 0.6 is 0 Å². The third-order valence-corrected chi connectivity index (χ3v) is 6.28. The Hall–Kier alpha value is -2.51. The van der Waals surface area contributed by atoms with Crippen LogP contribution in [0, 0.1) is 0 Å². The molecule has 0 unspecified atom stereocenters. The summed E-state index contributed by atoms with van der Waals surface area (Å²) < 4.78 is 35.4. The number of ether oxygens (including phenoxy) is 2. The van der Waals surface area contributed by atoms with Crippen molar-refractivity contribution < 1.29 is 23.0 Å². The Labute approximate surface area is 167 Å². The zero-order valence-corrected chi connectivity index (χ0v) is 15.8. The topological polar surface area (TPSA) is 42.0 Å². The van der Waals surface area contributed by atoms with E-state index in [0.717, 1.165) is 24.1 Å². The molecule has 5 nitrogen and oxygen atoms in total. The van der Waals surface area contributed by atoms with E-state index in [2.05, 4.69) is 9.64 Å². The van der Waals surface area contributed by atoms with Crippen molar-refractivity contribution in [1.29, 1.82) is 0 Å². The van der Waals surface area contributed by atoms with Crippen LogP contribution in [0.25, 0.3) is 0 Å². The van der Waals surface area contributed by atoms with Crippen molar-refractivity contribution in [2.24, 2.45) is 0 Å². The maximum Gasteiger partial charge on any atom is 0.387 e. The maximum absolute atomic E-state index is 12.9. The highest BCUT2D eigenvalue weighted by molar-refractivity contribution is 5.82. The first kappa shape index (κ1) is 18.5. The summed E-state index contributed by atoms with van der Waals surface area (Å²) in [6.45, 7) is -0.848. The lowest BCUT2D eigenvalue weighted by Gasteiger charge is -2.33. The van der Waals surface area contributed by atoms with Crippen LogP contribution in [0.4, 0.5) is 8.78 Å². The molecule has 1 amide bonds. The number of amides is 1. The molecule has 29 heavy (non-hydrogen) atoms. The Morgan fingerprint density at radius 1 is 1.14 bits per heavy atom. The molecule has 3 fully saturated rings. The van der Waals surface area contributed by atoms with Gasteiger partial charge >= 0.3 is 6.61 Å². The van der Waals surface area contributed by atoms with Crippen molar-refractivity contribution in [3.63, 3.8) is 0 Å². The largest absolute Gasteiger partial charge is 0.435 e. The van der Waals surface area contributed by atoms with Gasteiger partial charge < -0.3 is 14.4 Å². The Morgan fingerprint density at radius 3 is 2.62 bits per heavy atom. The van der Waals surface area contributed by atoms with Crippen molar-refractivity contribution in [3.05, 3.63) is 65.7 Å². The molecule has 1 spiro atoms. The number of hydrogen-bond acceptors (Lipinski definition) is 4. The zero-order valence-electron chi connectivity index (χ0n) is 15.8. The molecule has 3 atom stereocenters. The molecule has 0 radical (unpaired) electrons. The summed E-state index contributed by atoms with van der Waals surface area (Å²) >= 11 is 0. The molecule has 3 heterocycles. The molecule has 0 aromatic heterocycles. The fourth-order valence-electron chi connectivity index (χ4n) is 5.05. The van der Waals surface area contributed by atoms with E-state index < -0.39 is 12.3 Å². The van der Waals surface area contributed by atoms with Crippen LogP contribution in [0.5, 0.6) is 5.75 Å². The summed E-state index contributed by atoms with van der Waals surface area (Å²) in [5.74, 6) is 0.278. The Morgan fingerprint density at radius 2 is 1.90 bits per heavy atom. The van der Waals surface area contributed by atoms with Gasteiger partial charge in [0.1, 0.15) is 5.75 Å². The summed E-state index contributed by atoms with van der Waals surface area (Å²) in [6.07, 6.45) is 1.22. The first-order valence-corrected chi connectivity index (χ1v) is 9.86. The summed E-state index contributed by atoms with van der Waals surface area (Å²) in [6, 6.07) is 16.7. The van der Waals surface area contributed by atoms with E-state index in [9.17, 15) is 13.6 Å². The summed E-state index contributed by atoms with van der Waals surface area (Å²) in [7, 11) is 0. The van der Waals surface area contributed by atoms with Gasteiger partial charge in [-0.3, -0.25) is 9.69 Å². The maximum atomic E-state index is 12.9. The average molecular weight is 400 g/mol. The smallest absolute Gasteiger partial charge is 0.387 e. The fourth-order valence-corrected chi connectivity index (χ4v) is 5.05. The van der Waals surface area contributed by atoms with Crippen LogP contribution < -0.4 is 4.74 Å². The lowest BCUT2D eigenvalue weighted by atomic mass is 10.0. The normalized spacial score (nSPS) is 28.8. The summed E-state index contributed by atoms with van der Waals surface area (Å²) in [4.78, 5) is 17.2. The highest BCUT2D eigenvalue weighted by Crippen LogP contribution is 2.51. The Balaban J connectivity index is 1.33. The highest BCUT2D eigenvalue weighted by Gasteiger charge is 2.64. The first-order chi connectivity index (χ1) is 14.1. The number of likely N-dealkylation sites (tertiary alicyclic amines) is 1. The number of hydrogen-bond donors (Lipinski definition) is 0. The van der Waals surface area contributed by atoms with E-state index in [-0.39, 0.29) is 23.7 Å². The van der Waals surface area contributed by atoms with Crippen molar-refractivity contribution in [1.82, 2.24) is 9.80 Å². The van der Waals surface area contributed by atoms with Gasteiger partial charge in [0.25, 0.3) is 0 Å². The van der Waals surface area contributed by atoms with Crippen LogP contribution in [0.1, 0.15) is 30.0 Å². The molecule has 7 heteroatoms. The molecule has 0 bridgehead atoms. The molecule has 3 saturated heterocycles. The van der Waals surface area contributed by atoms with Gasteiger partial charge in [-0.1, -0.05) is 42.5 Å². The zero-order chi connectivity index (χ0) is 20.0. The molecule has 0 saturated carbocycles. The van der Waals surface area contributed by atoms with Crippen LogP contribution in [0.15, 0.2) is 54.6 Å². The van der Waals surface area contributed by atoms with Gasteiger partial charge in [-0.25, -0.2) is 0 Å². The lowest BCUT2D eigenvalue weighted by Crippen LogP contribution is -2.48. The molecule has 152 valence electrons. The van der Waals surface area contributed by atoms with Gasteiger partial charge in [-0.2, -0.15) is 8.78 Å². The fraction of sp³-hybridized carbons (Fsp3) is 0.409. The minimum atomic E-state index is -2.83. The third kappa shape index (κ3) is 3.09. The molecule has 0 N–H and O–H groups in total. The highest BCUT2D eigenvalue weighted by atomic mass is 19.3. The van der Waals surface area contributed by atoms with Crippen molar-refractivity contribution in [2.75, 3.05) is 13.2 Å². The molecule has 0 aliphatic carbocycles. The van der Waals surface area contributed by atoms with E-state index in [1.807, 2.05) is 35.2 Å². The summed E-state index contributed by atoms with van der Waals surface area (Å²) in [5.41, 5.74) is 1.54. The Bertz CT molecular complexity index is 893. The first-order valence-electron chi connectivity index (χ1n) is 9.86. The predicted molar refractivity (Wildman–Crippen MR) is 101 cm³/mol. The molecule has 3 aliphatic heterocycles. The van der Waals surface area contributed by atoms with E-state index in [4.69, 9.17) is 4.74 Å². The second kappa shape index (κ2) is 7.07. The second-order valence-electron chi connectivity index (χ2n) is 7.81. The van der Waals surface area contributed by atoms with Gasteiger partial charge in [0.2, 0.25) is 5.91 Å². The van der Waals surface area contributed by atoms with E-state index >= 15 is 0 Å². The van der Waals surface area contributed by atoms with Gasteiger partial charge in [-0.15, -0.1) is 0 Å². The number of benzene rings is 2. The summed E-state index contributed by atoms with van der Waals surface area (Å²) in [5, 5.41) is 0. The minimum Gasteiger partial charge on any atom is -0.435 e. The monoisotopic (exact) mass is 400 g/mol. The molecular formula is C22H22F2N2O3. The lowest BCUT2D eigenvalue weighted by molar-refractivity contribution is -0.138. The van der Waals surface area contributed by atoms with Crippen LogP contribution in [0.2, 0.25) is 0 Å². The number of alkyl halides is 2. The number of halogens is 2. The molecule has 5 rings (SSSR count). The average Bonchev–Trinajstić information content (AvgIpc) is 3.34. The molecule has 3 aliphatic rings. The number of carbonyl (C=O) groups excluding carboxylic acids is 1. The van der Waals surface area contributed by atoms with Gasteiger partial charge in [0.15, 0.2) is 5.72 Å². The Kier molecular flexibility index (Phi) is 4.52. The van der Waals surface area contributed by atoms with Crippen LogP contribution in [0.3, 0.4) is 0 Å². The SMILES string of the molecule is O=C1C[C@H]2N(Cc3ccc(OC(F)F)cc3)CC[C@]23OC[C@@H](c2ccccc2)N13.